The first-order chi connectivity index (χ1) is 9.67. The molecule has 0 saturated heterocycles. The minimum Gasteiger partial charge on any atom is -0.310 e. The van der Waals surface area contributed by atoms with Crippen LogP contribution in [0.4, 0.5) is 0 Å². The predicted molar refractivity (Wildman–Crippen MR) is 94.6 cm³/mol. The van der Waals surface area contributed by atoms with Crippen LogP contribution in [-0.4, -0.2) is 6.54 Å². The van der Waals surface area contributed by atoms with Gasteiger partial charge in [-0.05, 0) is 63.6 Å². The lowest BCUT2D eigenvalue weighted by atomic mass is 9.94. The number of nitrogens with one attached hydrogen (secondary N) is 1. The van der Waals surface area contributed by atoms with Gasteiger partial charge in [0.2, 0.25) is 0 Å². The summed E-state index contributed by atoms with van der Waals surface area (Å²) in [6.07, 6.45) is 3.65. The van der Waals surface area contributed by atoms with E-state index < -0.39 is 0 Å². The average molecular weight is 354 g/mol. The van der Waals surface area contributed by atoms with Gasteiger partial charge in [-0.3, -0.25) is 0 Å². The van der Waals surface area contributed by atoms with Gasteiger partial charge in [-0.2, -0.15) is 0 Å². The minimum absolute atomic E-state index is 0.480. The monoisotopic (exact) mass is 353 g/mol. The van der Waals surface area contributed by atoms with Crippen molar-refractivity contribution >= 4 is 37.4 Å². The highest BCUT2D eigenvalue weighted by molar-refractivity contribution is 9.10. The zero-order chi connectivity index (χ0) is 14.5. The summed E-state index contributed by atoms with van der Waals surface area (Å²) in [5.41, 5.74) is 1.47. The molecule has 0 amide bonds. The van der Waals surface area contributed by atoms with Gasteiger partial charge < -0.3 is 5.32 Å². The molecule has 20 heavy (non-hydrogen) atoms. The number of fused-ring (bicyclic) bond motifs is 1. The van der Waals surface area contributed by atoms with Crippen molar-refractivity contribution in [2.24, 2.45) is 5.92 Å². The van der Waals surface area contributed by atoms with Gasteiger partial charge in [0, 0.05) is 15.2 Å². The number of rotatable bonds is 7. The molecule has 2 atom stereocenters. The molecule has 3 heteroatoms. The lowest BCUT2D eigenvalue weighted by molar-refractivity contribution is 0.404. The molecule has 0 aliphatic heterocycles. The van der Waals surface area contributed by atoms with Gasteiger partial charge in [-0.15, -0.1) is 11.3 Å². The Hall–Kier alpha value is -0.380. The number of benzene rings is 1. The largest absolute Gasteiger partial charge is 0.310 e. The van der Waals surface area contributed by atoms with E-state index in [1.54, 1.807) is 0 Å². The average Bonchev–Trinajstić information content (AvgIpc) is 2.88. The van der Waals surface area contributed by atoms with Gasteiger partial charge >= 0.3 is 0 Å². The number of thiophene rings is 1. The maximum Gasteiger partial charge on any atom is 0.0488 e. The zero-order valence-electron chi connectivity index (χ0n) is 12.6. The Morgan fingerprint density at radius 1 is 1.30 bits per heavy atom. The highest BCUT2D eigenvalue weighted by atomic mass is 79.9. The van der Waals surface area contributed by atoms with E-state index in [4.69, 9.17) is 0 Å². The van der Waals surface area contributed by atoms with Crippen molar-refractivity contribution in [3.8, 4) is 0 Å². The molecule has 0 radical (unpaired) electrons. The summed E-state index contributed by atoms with van der Waals surface area (Å²) in [6.45, 7) is 7.96. The van der Waals surface area contributed by atoms with Crippen LogP contribution in [0.5, 0.6) is 0 Å². The van der Waals surface area contributed by atoms with E-state index in [0.29, 0.717) is 6.04 Å². The summed E-state index contributed by atoms with van der Waals surface area (Å²) in [7, 11) is 0. The van der Waals surface area contributed by atoms with Crippen LogP contribution in [0.1, 0.15) is 51.6 Å². The molecule has 0 aliphatic carbocycles. The van der Waals surface area contributed by atoms with Crippen molar-refractivity contribution in [2.45, 2.75) is 46.1 Å². The van der Waals surface area contributed by atoms with Crippen LogP contribution in [0.25, 0.3) is 10.1 Å². The summed E-state index contributed by atoms with van der Waals surface area (Å²) >= 11 is 5.52. The summed E-state index contributed by atoms with van der Waals surface area (Å²) < 4.78 is 2.58. The van der Waals surface area contributed by atoms with Crippen LogP contribution < -0.4 is 5.32 Å². The van der Waals surface area contributed by atoms with Crippen LogP contribution in [0.2, 0.25) is 0 Å². The second-order valence-electron chi connectivity index (χ2n) is 5.56. The maximum absolute atomic E-state index is 3.74. The fourth-order valence-corrected chi connectivity index (χ4v) is 4.20. The van der Waals surface area contributed by atoms with E-state index in [1.165, 1.54) is 39.4 Å². The fraction of sp³-hybridized carbons (Fsp3) is 0.529. The molecule has 1 heterocycles. The first kappa shape index (κ1) is 16.0. The lowest BCUT2D eigenvalue weighted by Crippen LogP contribution is -2.23. The number of hydrogen-bond donors (Lipinski definition) is 1. The highest BCUT2D eigenvalue weighted by Gasteiger charge is 2.18. The van der Waals surface area contributed by atoms with Crippen LogP contribution >= 0.6 is 27.3 Å². The molecule has 0 fully saturated rings. The third kappa shape index (κ3) is 3.63. The van der Waals surface area contributed by atoms with Gasteiger partial charge in [-0.25, -0.2) is 0 Å². The fourth-order valence-electron chi connectivity index (χ4n) is 2.52. The molecule has 1 nitrogen and oxygen atoms in total. The molecule has 2 aromatic rings. The third-order valence-electron chi connectivity index (χ3n) is 3.93. The van der Waals surface area contributed by atoms with Crippen LogP contribution in [0.3, 0.4) is 0 Å². The Balaban J connectivity index is 2.32. The summed E-state index contributed by atoms with van der Waals surface area (Å²) in [5.74, 6) is 0.756. The quantitative estimate of drug-likeness (QED) is 0.630. The molecule has 2 rings (SSSR count). The molecule has 0 bridgehead atoms. The Kier molecular flexibility index (Phi) is 6.06. The predicted octanol–water partition coefficient (Wildman–Crippen LogP) is 6.14. The third-order valence-corrected chi connectivity index (χ3v) is 5.90. The van der Waals surface area contributed by atoms with E-state index in [0.717, 1.165) is 12.5 Å². The van der Waals surface area contributed by atoms with Gasteiger partial charge in [0.05, 0.1) is 0 Å². The molecule has 1 aromatic heterocycles. The van der Waals surface area contributed by atoms with Crippen molar-refractivity contribution in [1.82, 2.24) is 5.32 Å². The van der Waals surface area contributed by atoms with E-state index in [9.17, 15) is 0 Å². The van der Waals surface area contributed by atoms with Crippen molar-refractivity contribution in [1.29, 1.82) is 0 Å². The SMILES string of the molecule is CCCNC(CC(C)CC)c1csc2c(Br)cccc12. The van der Waals surface area contributed by atoms with Crippen molar-refractivity contribution in [3.05, 3.63) is 33.6 Å². The number of halogens is 1. The first-order valence-corrected chi connectivity index (χ1v) is 9.23. The molecular formula is C17H24BrNS. The molecule has 1 aromatic carbocycles. The topological polar surface area (TPSA) is 12.0 Å². The van der Waals surface area contributed by atoms with E-state index in [1.807, 2.05) is 11.3 Å². The van der Waals surface area contributed by atoms with Crippen LogP contribution in [-0.2, 0) is 0 Å². The Morgan fingerprint density at radius 2 is 2.10 bits per heavy atom. The molecule has 0 aliphatic rings. The van der Waals surface area contributed by atoms with Crippen molar-refractivity contribution in [2.75, 3.05) is 6.54 Å². The second kappa shape index (κ2) is 7.58. The van der Waals surface area contributed by atoms with Crippen molar-refractivity contribution < 1.29 is 0 Å². The molecule has 1 N–H and O–H groups in total. The van der Waals surface area contributed by atoms with Gasteiger partial charge in [0.1, 0.15) is 0 Å². The molecule has 0 spiro atoms. The Labute approximate surface area is 134 Å². The van der Waals surface area contributed by atoms with Crippen molar-refractivity contribution in [3.63, 3.8) is 0 Å². The second-order valence-corrected chi connectivity index (χ2v) is 7.30. The molecule has 110 valence electrons. The van der Waals surface area contributed by atoms with Crippen LogP contribution in [0.15, 0.2) is 28.1 Å². The van der Waals surface area contributed by atoms with E-state index >= 15 is 0 Å². The van der Waals surface area contributed by atoms with Gasteiger partial charge in [0.15, 0.2) is 0 Å². The lowest BCUT2D eigenvalue weighted by Gasteiger charge is -2.21. The number of hydrogen-bond acceptors (Lipinski definition) is 2. The summed E-state index contributed by atoms with van der Waals surface area (Å²) in [5, 5.41) is 7.48. The minimum atomic E-state index is 0.480. The standard InChI is InChI=1S/C17H24BrNS/c1-4-9-19-16(10-12(3)5-2)14-11-20-17-13(14)7-6-8-15(17)18/h6-8,11-12,16,19H,4-5,9-10H2,1-3H3. The Morgan fingerprint density at radius 3 is 2.80 bits per heavy atom. The Bertz CT molecular complexity index is 549. The summed E-state index contributed by atoms with van der Waals surface area (Å²) in [4.78, 5) is 0. The molecular weight excluding hydrogens is 330 g/mol. The normalized spacial score (nSPS) is 14.6. The smallest absolute Gasteiger partial charge is 0.0488 e. The van der Waals surface area contributed by atoms with Crippen LogP contribution in [0, 0.1) is 5.92 Å². The van der Waals surface area contributed by atoms with Gasteiger partial charge in [0.25, 0.3) is 0 Å². The maximum atomic E-state index is 3.74. The first-order valence-electron chi connectivity index (χ1n) is 7.56. The van der Waals surface area contributed by atoms with E-state index in [2.05, 4.69) is 65.6 Å². The highest BCUT2D eigenvalue weighted by Crippen LogP contribution is 2.37. The van der Waals surface area contributed by atoms with Gasteiger partial charge in [-0.1, -0.05) is 39.3 Å². The molecule has 2 unspecified atom stereocenters. The zero-order valence-corrected chi connectivity index (χ0v) is 15.0. The summed E-state index contributed by atoms with van der Waals surface area (Å²) in [6, 6.07) is 7.01. The van der Waals surface area contributed by atoms with E-state index in [-0.39, 0.29) is 0 Å². The molecule has 0 saturated carbocycles.